The molecular formula is C21H16ClNO. The Morgan fingerprint density at radius 1 is 0.917 bits per heavy atom. The van der Waals surface area contributed by atoms with E-state index in [9.17, 15) is 4.79 Å². The van der Waals surface area contributed by atoms with Crippen molar-refractivity contribution in [2.75, 3.05) is 0 Å². The Morgan fingerprint density at radius 2 is 1.67 bits per heavy atom. The molecule has 0 aliphatic heterocycles. The highest BCUT2D eigenvalue weighted by Gasteiger charge is 2.12. The SMILES string of the molecule is Cc1cc(-c2ccc(C=O)cc2)cc2c3cc(Cl)ccc3n(C)c12. The molecule has 1 aromatic heterocycles. The Morgan fingerprint density at radius 3 is 2.38 bits per heavy atom. The molecule has 118 valence electrons. The molecule has 0 aliphatic carbocycles. The fourth-order valence-electron chi connectivity index (χ4n) is 3.49. The highest BCUT2D eigenvalue weighted by molar-refractivity contribution is 6.32. The van der Waals surface area contributed by atoms with Gasteiger partial charge in [0.1, 0.15) is 6.29 Å². The van der Waals surface area contributed by atoms with Gasteiger partial charge >= 0.3 is 0 Å². The molecule has 0 radical (unpaired) electrons. The van der Waals surface area contributed by atoms with Gasteiger partial charge in [-0.1, -0.05) is 35.9 Å². The van der Waals surface area contributed by atoms with E-state index in [1.807, 2.05) is 36.4 Å². The molecule has 0 unspecified atom stereocenters. The van der Waals surface area contributed by atoms with Crippen molar-refractivity contribution in [1.82, 2.24) is 4.57 Å². The van der Waals surface area contributed by atoms with Crippen molar-refractivity contribution in [2.45, 2.75) is 6.92 Å². The largest absolute Gasteiger partial charge is 0.343 e. The average Bonchev–Trinajstić information content (AvgIpc) is 2.87. The summed E-state index contributed by atoms with van der Waals surface area (Å²) >= 11 is 6.22. The van der Waals surface area contributed by atoms with Crippen LogP contribution in [0.1, 0.15) is 15.9 Å². The molecule has 0 atom stereocenters. The van der Waals surface area contributed by atoms with E-state index in [2.05, 4.69) is 36.7 Å². The fourth-order valence-corrected chi connectivity index (χ4v) is 3.66. The van der Waals surface area contributed by atoms with Crippen molar-refractivity contribution in [3.8, 4) is 11.1 Å². The number of hydrogen-bond acceptors (Lipinski definition) is 1. The Labute approximate surface area is 145 Å². The molecule has 0 bridgehead atoms. The maximum Gasteiger partial charge on any atom is 0.150 e. The van der Waals surface area contributed by atoms with E-state index in [-0.39, 0.29) is 0 Å². The summed E-state index contributed by atoms with van der Waals surface area (Å²) in [4.78, 5) is 10.8. The number of hydrogen-bond donors (Lipinski definition) is 0. The quantitative estimate of drug-likeness (QED) is 0.427. The third kappa shape index (κ3) is 2.22. The lowest BCUT2D eigenvalue weighted by atomic mass is 9.99. The van der Waals surface area contributed by atoms with Gasteiger partial charge in [0.05, 0.1) is 5.52 Å². The number of aromatic nitrogens is 1. The molecule has 0 amide bonds. The van der Waals surface area contributed by atoms with E-state index in [0.29, 0.717) is 5.56 Å². The molecule has 4 aromatic rings. The topological polar surface area (TPSA) is 22.0 Å². The van der Waals surface area contributed by atoms with Crippen LogP contribution in [-0.4, -0.2) is 10.9 Å². The fraction of sp³-hybridized carbons (Fsp3) is 0.0952. The zero-order valence-electron chi connectivity index (χ0n) is 13.5. The van der Waals surface area contributed by atoms with Crippen LogP contribution in [0.25, 0.3) is 32.9 Å². The van der Waals surface area contributed by atoms with Crippen molar-refractivity contribution >= 4 is 39.7 Å². The first-order valence-corrected chi connectivity index (χ1v) is 8.20. The van der Waals surface area contributed by atoms with Gasteiger partial charge in [0, 0.05) is 33.9 Å². The van der Waals surface area contributed by atoms with Crippen molar-refractivity contribution in [3.05, 3.63) is 70.7 Å². The van der Waals surface area contributed by atoms with Crippen LogP contribution in [0, 0.1) is 6.92 Å². The predicted molar refractivity (Wildman–Crippen MR) is 101 cm³/mol. The average molecular weight is 334 g/mol. The molecule has 0 N–H and O–H groups in total. The van der Waals surface area contributed by atoms with E-state index >= 15 is 0 Å². The number of carbonyl (C=O) groups is 1. The molecule has 0 aliphatic rings. The summed E-state index contributed by atoms with van der Waals surface area (Å²) in [7, 11) is 2.09. The molecule has 3 heteroatoms. The lowest BCUT2D eigenvalue weighted by molar-refractivity contribution is 0.112. The Bertz CT molecular complexity index is 1090. The van der Waals surface area contributed by atoms with Crippen molar-refractivity contribution in [1.29, 1.82) is 0 Å². The molecule has 24 heavy (non-hydrogen) atoms. The second kappa shape index (κ2) is 5.50. The van der Waals surface area contributed by atoms with Crippen molar-refractivity contribution in [2.24, 2.45) is 7.05 Å². The van der Waals surface area contributed by atoms with Gasteiger partial charge in [-0.05, 0) is 53.9 Å². The molecule has 0 saturated heterocycles. The van der Waals surface area contributed by atoms with Crippen LogP contribution in [-0.2, 0) is 7.05 Å². The monoisotopic (exact) mass is 333 g/mol. The molecule has 1 heterocycles. The van der Waals surface area contributed by atoms with Gasteiger partial charge < -0.3 is 4.57 Å². The predicted octanol–water partition coefficient (Wildman–Crippen LogP) is 5.77. The number of fused-ring (bicyclic) bond motifs is 3. The standard InChI is InChI=1S/C21H16ClNO/c1-13-9-16(15-5-3-14(12-24)4-6-15)10-19-18-11-17(22)7-8-20(18)23(2)21(13)19/h3-12H,1-2H3. The third-order valence-corrected chi connectivity index (χ3v) is 4.86. The number of aldehydes is 1. The molecule has 4 rings (SSSR count). The van der Waals surface area contributed by atoms with E-state index in [0.717, 1.165) is 27.8 Å². The normalized spacial score (nSPS) is 11.3. The number of carbonyl (C=O) groups excluding carboxylic acids is 1. The van der Waals surface area contributed by atoms with Crippen LogP contribution >= 0.6 is 11.6 Å². The van der Waals surface area contributed by atoms with Crippen molar-refractivity contribution < 1.29 is 4.79 Å². The minimum atomic E-state index is 0.688. The number of nitrogens with zero attached hydrogens (tertiary/aromatic N) is 1. The summed E-state index contributed by atoms with van der Waals surface area (Å²) in [5, 5.41) is 3.10. The second-order valence-corrected chi connectivity index (χ2v) is 6.59. The van der Waals surface area contributed by atoms with Gasteiger partial charge in [-0.25, -0.2) is 0 Å². The van der Waals surface area contributed by atoms with Crippen LogP contribution in [0.4, 0.5) is 0 Å². The highest BCUT2D eigenvalue weighted by Crippen LogP contribution is 2.35. The van der Waals surface area contributed by atoms with Crippen molar-refractivity contribution in [3.63, 3.8) is 0 Å². The molecule has 3 aromatic carbocycles. The molecular weight excluding hydrogens is 318 g/mol. The lowest BCUT2D eigenvalue weighted by Gasteiger charge is -2.07. The molecule has 0 spiro atoms. The molecule has 0 fully saturated rings. The summed E-state index contributed by atoms with van der Waals surface area (Å²) in [6.07, 6.45) is 0.866. The van der Waals surface area contributed by atoms with Crippen LogP contribution in [0.2, 0.25) is 5.02 Å². The van der Waals surface area contributed by atoms with Crippen LogP contribution in [0.5, 0.6) is 0 Å². The van der Waals surface area contributed by atoms with Crippen LogP contribution in [0.3, 0.4) is 0 Å². The van der Waals surface area contributed by atoms with E-state index < -0.39 is 0 Å². The van der Waals surface area contributed by atoms with Crippen LogP contribution in [0.15, 0.2) is 54.6 Å². The number of halogens is 1. The van der Waals surface area contributed by atoms with Gasteiger partial charge in [-0.3, -0.25) is 4.79 Å². The molecule has 0 saturated carbocycles. The lowest BCUT2D eigenvalue weighted by Crippen LogP contribution is -1.90. The number of benzene rings is 3. The summed E-state index contributed by atoms with van der Waals surface area (Å²) in [5.74, 6) is 0. The van der Waals surface area contributed by atoms with Gasteiger partial charge in [0.2, 0.25) is 0 Å². The smallest absolute Gasteiger partial charge is 0.150 e. The minimum absolute atomic E-state index is 0.688. The Balaban J connectivity index is 2.03. The summed E-state index contributed by atoms with van der Waals surface area (Å²) < 4.78 is 2.22. The number of rotatable bonds is 2. The third-order valence-electron chi connectivity index (χ3n) is 4.63. The first-order valence-electron chi connectivity index (χ1n) is 7.82. The summed E-state index contributed by atoms with van der Waals surface area (Å²) in [6.45, 7) is 2.13. The number of aryl methyl sites for hydroxylation is 2. The van der Waals surface area contributed by atoms with E-state index in [1.165, 1.54) is 22.0 Å². The second-order valence-electron chi connectivity index (χ2n) is 6.15. The maximum absolute atomic E-state index is 10.8. The molecule has 2 nitrogen and oxygen atoms in total. The zero-order chi connectivity index (χ0) is 16.8. The highest BCUT2D eigenvalue weighted by atomic mass is 35.5. The van der Waals surface area contributed by atoms with E-state index in [4.69, 9.17) is 11.6 Å². The summed E-state index contributed by atoms with van der Waals surface area (Å²) in [6, 6.07) is 18.1. The zero-order valence-corrected chi connectivity index (χ0v) is 14.3. The van der Waals surface area contributed by atoms with E-state index in [1.54, 1.807) is 0 Å². The first kappa shape index (κ1) is 15.0. The minimum Gasteiger partial charge on any atom is -0.343 e. The van der Waals surface area contributed by atoms with Gasteiger partial charge in [0.15, 0.2) is 0 Å². The van der Waals surface area contributed by atoms with Crippen LogP contribution < -0.4 is 0 Å². The Kier molecular flexibility index (Phi) is 3.43. The summed E-state index contributed by atoms with van der Waals surface area (Å²) in [5.41, 5.74) is 6.55. The maximum atomic E-state index is 10.8. The van der Waals surface area contributed by atoms with Gasteiger partial charge in [-0.2, -0.15) is 0 Å². The van der Waals surface area contributed by atoms with Gasteiger partial charge in [-0.15, -0.1) is 0 Å². The Hall–Kier alpha value is -2.58. The van der Waals surface area contributed by atoms with Gasteiger partial charge in [0.25, 0.3) is 0 Å². The first-order chi connectivity index (χ1) is 11.6.